The molecule has 2 bridgehead atoms. The molecule has 0 aliphatic carbocycles. The van der Waals surface area contributed by atoms with Crippen molar-refractivity contribution >= 4 is 35.2 Å². The Balaban J connectivity index is 1.44. The summed E-state index contributed by atoms with van der Waals surface area (Å²) in [6, 6.07) is 16.7. The van der Waals surface area contributed by atoms with Gasteiger partial charge < -0.3 is 40.8 Å². The van der Waals surface area contributed by atoms with Gasteiger partial charge >= 0.3 is 0 Å². The molecule has 6 N–H and O–H groups in total. The predicted molar refractivity (Wildman–Crippen MR) is 192 cm³/mol. The lowest BCUT2D eigenvalue weighted by molar-refractivity contribution is -0.136. The van der Waals surface area contributed by atoms with Crippen LogP contribution in [-0.2, 0) is 32.0 Å². The highest BCUT2D eigenvalue weighted by molar-refractivity contribution is 5.98. The van der Waals surface area contributed by atoms with E-state index < -0.39 is 65.8 Å². The first-order valence-corrected chi connectivity index (χ1v) is 17.3. The van der Waals surface area contributed by atoms with Crippen LogP contribution >= 0.6 is 0 Å². The van der Waals surface area contributed by atoms with Gasteiger partial charge in [-0.05, 0) is 61.6 Å². The first-order chi connectivity index (χ1) is 24.9. The van der Waals surface area contributed by atoms with Crippen LogP contribution in [0.25, 0.3) is 5.65 Å². The Morgan fingerprint density at radius 2 is 1.54 bits per heavy atom. The van der Waals surface area contributed by atoms with E-state index in [2.05, 4.69) is 31.6 Å². The van der Waals surface area contributed by atoms with Gasteiger partial charge in [0, 0.05) is 18.8 Å². The molecule has 0 radical (unpaired) electrons. The third kappa shape index (κ3) is 9.72. The Labute approximate surface area is 301 Å². The zero-order valence-electron chi connectivity index (χ0n) is 29.5. The molecular weight excluding hydrogens is 666 g/mol. The van der Waals surface area contributed by atoms with Gasteiger partial charge in [-0.2, -0.15) is 0 Å². The SMILES string of the molecule is CC(C)[C@H]1NC(=O)[C@H]([C@@H](C)O)NC(=O)[C@@H](C)NC(=O)[C@@H](NC(=O)c2cn3ccccc3n2)Cc2ccc(cc2)OC[C@H](Cc2ccccc2)NC1=O. The van der Waals surface area contributed by atoms with Crippen molar-refractivity contribution in [1.82, 2.24) is 36.0 Å². The number of rotatable bonds is 6. The highest BCUT2D eigenvalue weighted by Crippen LogP contribution is 2.16. The van der Waals surface area contributed by atoms with Crippen molar-refractivity contribution in [2.75, 3.05) is 6.61 Å². The Bertz CT molecular complexity index is 1840. The van der Waals surface area contributed by atoms with Crippen LogP contribution in [0.5, 0.6) is 5.75 Å². The molecule has 0 unspecified atom stereocenters. The molecule has 0 spiro atoms. The molecule has 2 aliphatic heterocycles. The summed E-state index contributed by atoms with van der Waals surface area (Å²) >= 11 is 0. The normalized spacial score (nSPS) is 22.8. The van der Waals surface area contributed by atoms with Crippen LogP contribution in [-0.4, -0.2) is 86.9 Å². The number of nitrogens with one attached hydrogen (secondary N) is 5. The van der Waals surface area contributed by atoms with Gasteiger partial charge in [0.1, 0.15) is 47.9 Å². The van der Waals surface area contributed by atoms with Crippen molar-refractivity contribution in [2.24, 2.45) is 5.92 Å². The number of aromatic nitrogens is 2. The number of benzene rings is 2. The zero-order valence-corrected chi connectivity index (χ0v) is 29.5. The third-order valence-electron chi connectivity index (χ3n) is 8.77. The Morgan fingerprint density at radius 3 is 2.21 bits per heavy atom. The van der Waals surface area contributed by atoms with Gasteiger partial charge in [-0.25, -0.2) is 4.98 Å². The first-order valence-electron chi connectivity index (χ1n) is 17.3. The van der Waals surface area contributed by atoms with Gasteiger partial charge in [0.25, 0.3) is 5.91 Å². The van der Waals surface area contributed by atoms with Crippen LogP contribution in [0.4, 0.5) is 0 Å². The molecule has 4 heterocycles. The minimum atomic E-state index is -1.45. The molecule has 274 valence electrons. The molecule has 6 atom stereocenters. The van der Waals surface area contributed by atoms with Crippen LogP contribution in [0.15, 0.2) is 85.2 Å². The summed E-state index contributed by atoms with van der Waals surface area (Å²) in [7, 11) is 0. The Kier molecular flexibility index (Phi) is 12.2. The maximum absolute atomic E-state index is 13.7. The molecule has 14 heteroatoms. The van der Waals surface area contributed by atoms with Crippen LogP contribution in [0, 0.1) is 5.92 Å². The summed E-state index contributed by atoms with van der Waals surface area (Å²) in [5.41, 5.74) is 2.31. The molecule has 4 aromatic rings. The van der Waals surface area contributed by atoms with Crippen molar-refractivity contribution in [3.05, 3.63) is 102 Å². The number of hydrogen-bond donors (Lipinski definition) is 6. The molecule has 2 aliphatic rings. The number of amides is 5. The van der Waals surface area contributed by atoms with E-state index in [0.29, 0.717) is 23.4 Å². The molecular formula is C38H45N7O7. The van der Waals surface area contributed by atoms with E-state index in [1.165, 1.54) is 13.8 Å². The molecule has 0 fully saturated rings. The number of aliphatic hydroxyl groups is 1. The van der Waals surface area contributed by atoms with Crippen LogP contribution in [0.3, 0.4) is 0 Å². The highest BCUT2D eigenvalue weighted by atomic mass is 16.5. The van der Waals surface area contributed by atoms with Crippen LogP contribution in [0.2, 0.25) is 0 Å². The van der Waals surface area contributed by atoms with Gasteiger partial charge in [-0.15, -0.1) is 0 Å². The van der Waals surface area contributed by atoms with E-state index in [-0.39, 0.29) is 24.6 Å². The third-order valence-corrected chi connectivity index (χ3v) is 8.77. The van der Waals surface area contributed by atoms with Crippen molar-refractivity contribution in [1.29, 1.82) is 0 Å². The van der Waals surface area contributed by atoms with E-state index in [0.717, 1.165) is 5.56 Å². The lowest BCUT2D eigenvalue weighted by Crippen LogP contribution is -2.61. The smallest absolute Gasteiger partial charge is 0.272 e. The molecule has 0 saturated heterocycles. The number of pyridine rings is 1. The minimum Gasteiger partial charge on any atom is -0.491 e. The second-order valence-corrected chi connectivity index (χ2v) is 13.4. The summed E-state index contributed by atoms with van der Waals surface area (Å²) in [4.78, 5) is 71.9. The van der Waals surface area contributed by atoms with Crippen molar-refractivity contribution < 1.29 is 33.8 Å². The lowest BCUT2D eigenvalue weighted by atomic mass is 10.0. The van der Waals surface area contributed by atoms with Crippen LogP contribution in [0.1, 0.15) is 49.3 Å². The summed E-state index contributed by atoms with van der Waals surface area (Å²) < 4.78 is 7.80. The summed E-state index contributed by atoms with van der Waals surface area (Å²) in [6.45, 7) is 6.39. The van der Waals surface area contributed by atoms with E-state index in [9.17, 15) is 29.1 Å². The maximum Gasteiger partial charge on any atom is 0.272 e. The molecule has 2 aromatic carbocycles. The average Bonchev–Trinajstić information content (AvgIpc) is 3.56. The number of imidazole rings is 1. The van der Waals surface area contributed by atoms with E-state index >= 15 is 0 Å². The van der Waals surface area contributed by atoms with Gasteiger partial charge in [-0.1, -0.05) is 62.4 Å². The standard InChI is InChI=1S/C38H45N7O7/c1-22(2)32-37(50)40-27(18-25-10-6-5-7-11-25)21-52-28-15-13-26(14-16-28)19-29(42-36(49)30-20-45-17-9-8-12-31(45)41-30)35(48)39-23(3)34(47)44-33(24(4)46)38(51)43-32/h5-17,20,22-24,27,29,32-33,46H,18-19,21H2,1-4H3,(H,39,48)(H,40,50)(H,42,49)(H,43,51)(H,44,47)/t23-,24-,27+,29+,32-,33+/m1/s1. The molecule has 0 saturated carbocycles. The second-order valence-electron chi connectivity index (χ2n) is 13.4. The van der Waals surface area contributed by atoms with Crippen molar-refractivity contribution in [2.45, 2.75) is 76.8 Å². The minimum absolute atomic E-state index is 0.0571. The second kappa shape index (κ2) is 17.0. The fraction of sp³-hybridized carbons (Fsp3) is 0.368. The monoisotopic (exact) mass is 711 g/mol. The largest absolute Gasteiger partial charge is 0.491 e. The number of ether oxygens (including phenoxy) is 1. The molecule has 2 aromatic heterocycles. The van der Waals surface area contributed by atoms with Gasteiger partial charge in [0.05, 0.1) is 12.1 Å². The molecule has 6 rings (SSSR count). The number of carbonyl (C=O) groups is 5. The lowest BCUT2D eigenvalue weighted by Gasteiger charge is -2.29. The Morgan fingerprint density at radius 1 is 0.865 bits per heavy atom. The van der Waals surface area contributed by atoms with Crippen LogP contribution < -0.4 is 31.3 Å². The van der Waals surface area contributed by atoms with Crippen molar-refractivity contribution in [3.63, 3.8) is 0 Å². The molecule has 5 amide bonds. The fourth-order valence-corrected chi connectivity index (χ4v) is 5.82. The topological polar surface area (TPSA) is 192 Å². The average molecular weight is 712 g/mol. The number of aliphatic hydroxyl groups excluding tert-OH is 1. The summed E-state index contributed by atoms with van der Waals surface area (Å²) in [5, 5.41) is 24.1. The van der Waals surface area contributed by atoms with E-state index in [1.807, 2.05) is 30.3 Å². The Hall–Kier alpha value is -5.76. The zero-order chi connectivity index (χ0) is 37.4. The maximum atomic E-state index is 13.7. The highest BCUT2D eigenvalue weighted by Gasteiger charge is 2.34. The number of carbonyl (C=O) groups excluding carboxylic acids is 5. The number of nitrogens with zero attached hydrogens (tertiary/aromatic N) is 2. The first kappa shape index (κ1) is 37.5. The predicted octanol–water partition coefficient (Wildman–Crippen LogP) is 1.31. The van der Waals surface area contributed by atoms with Crippen molar-refractivity contribution in [3.8, 4) is 5.75 Å². The molecule has 52 heavy (non-hydrogen) atoms. The number of fused-ring (bicyclic) bond motifs is 18. The van der Waals surface area contributed by atoms with Gasteiger partial charge in [0.2, 0.25) is 23.6 Å². The van der Waals surface area contributed by atoms with E-state index in [4.69, 9.17) is 4.74 Å². The van der Waals surface area contributed by atoms with Gasteiger partial charge in [-0.3, -0.25) is 24.0 Å². The quantitative estimate of drug-likeness (QED) is 0.161. The number of hydrogen-bond acceptors (Lipinski definition) is 8. The van der Waals surface area contributed by atoms with Gasteiger partial charge in [0.15, 0.2) is 0 Å². The molecule has 14 nitrogen and oxygen atoms in total. The fourth-order valence-electron chi connectivity index (χ4n) is 5.82. The summed E-state index contributed by atoms with van der Waals surface area (Å²) in [6.07, 6.45) is 2.45. The van der Waals surface area contributed by atoms with E-state index in [1.54, 1.807) is 73.1 Å². The summed E-state index contributed by atoms with van der Waals surface area (Å²) in [5.74, 6) is -3.09.